The van der Waals surface area contributed by atoms with Crippen LogP contribution in [0.15, 0.2) is 41.1 Å². The highest BCUT2D eigenvalue weighted by Gasteiger charge is 2.33. The van der Waals surface area contributed by atoms with Gasteiger partial charge in [0, 0.05) is 35.7 Å². The van der Waals surface area contributed by atoms with Crippen molar-refractivity contribution in [2.75, 3.05) is 18.5 Å². The number of benzene rings is 1. The quantitative estimate of drug-likeness (QED) is 0.425. The second kappa shape index (κ2) is 8.31. The number of hydrogen-bond acceptors (Lipinski definition) is 7. The summed E-state index contributed by atoms with van der Waals surface area (Å²) >= 11 is 0. The van der Waals surface area contributed by atoms with Crippen molar-refractivity contribution in [2.24, 2.45) is 5.92 Å². The fraction of sp³-hybridized carbons (Fsp3) is 0.360. The number of nitrogens with zero attached hydrogens (tertiary/aromatic N) is 3. The Morgan fingerprint density at radius 3 is 2.77 bits per heavy atom. The minimum absolute atomic E-state index is 0.0309. The smallest absolute Gasteiger partial charge is 0.281 e. The molecule has 2 aliphatic rings. The predicted molar refractivity (Wildman–Crippen MR) is 123 cm³/mol. The summed E-state index contributed by atoms with van der Waals surface area (Å²) in [5.74, 6) is 0.283. The predicted octanol–water partition coefficient (Wildman–Crippen LogP) is 4.72. The van der Waals surface area contributed by atoms with E-state index in [0.29, 0.717) is 40.6 Å². The molecule has 0 unspecified atom stereocenters. The molecule has 1 atom stereocenters. The number of aliphatic hydroxyl groups is 1. The Balaban J connectivity index is 1.44. The number of amides is 1. The highest BCUT2D eigenvalue weighted by Crippen LogP contribution is 2.37. The largest absolute Gasteiger partial charge is 0.436 e. The number of nitrogens with one attached hydrogen (secondary N) is 1. The van der Waals surface area contributed by atoms with E-state index in [4.69, 9.17) is 9.15 Å². The topological polar surface area (TPSA) is 110 Å². The SMILES string of the molecule is O=C(Nc1cc2c(-c3nc4cc([C@]5(O)CCCOC5)ccc4o3)cnc(C(F)F)c2cn1)C1CC1. The average molecular weight is 480 g/mol. The Morgan fingerprint density at radius 1 is 1.17 bits per heavy atom. The molecule has 1 amide bonds. The first kappa shape index (κ1) is 22.0. The van der Waals surface area contributed by atoms with Crippen molar-refractivity contribution < 1.29 is 27.8 Å². The van der Waals surface area contributed by atoms with Crippen molar-refractivity contribution in [1.29, 1.82) is 0 Å². The van der Waals surface area contributed by atoms with Gasteiger partial charge in [-0.1, -0.05) is 6.07 Å². The number of pyridine rings is 2. The van der Waals surface area contributed by atoms with Crippen LogP contribution in [0.25, 0.3) is 33.3 Å². The minimum atomic E-state index is -2.80. The van der Waals surface area contributed by atoms with Crippen LogP contribution >= 0.6 is 0 Å². The number of hydrogen-bond donors (Lipinski definition) is 2. The zero-order chi connectivity index (χ0) is 24.2. The molecule has 1 aliphatic heterocycles. The Morgan fingerprint density at radius 2 is 2.03 bits per heavy atom. The maximum atomic E-state index is 13.6. The molecule has 3 aromatic heterocycles. The van der Waals surface area contributed by atoms with Gasteiger partial charge in [-0.15, -0.1) is 0 Å². The first-order chi connectivity index (χ1) is 16.9. The summed E-state index contributed by atoms with van der Waals surface area (Å²) in [7, 11) is 0. The van der Waals surface area contributed by atoms with Gasteiger partial charge in [-0.25, -0.2) is 18.7 Å². The van der Waals surface area contributed by atoms with Gasteiger partial charge in [0.1, 0.15) is 22.6 Å². The second-order valence-corrected chi connectivity index (χ2v) is 9.13. The van der Waals surface area contributed by atoms with Crippen LogP contribution in [0.1, 0.15) is 43.4 Å². The maximum absolute atomic E-state index is 13.6. The molecule has 2 fully saturated rings. The molecule has 35 heavy (non-hydrogen) atoms. The lowest BCUT2D eigenvalue weighted by molar-refractivity contribution is -0.117. The molecule has 4 heterocycles. The first-order valence-corrected chi connectivity index (χ1v) is 11.5. The van der Waals surface area contributed by atoms with Crippen molar-refractivity contribution in [3.05, 3.63) is 47.9 Å². The molecule has 1 saturated carbocycles. The molecule has 2 N–H and O–H groups in total. The molecule has 6 rings (SSSR count). The van der Waals surface area contributed by atoms with Crippen LogP contribution in [0.2, 0.25) is 0 Å². The standard InChI is InChI=1S/C25H22F2N4O4/c26-22(27)21-16-10-28-20(31-23(32)13-2-3-13)9-15(16)17(11-29-21)24-30-18-8-14(4-5-19(18)35-24)25(33)6-1-7-34-12-25/h4-5,8-11,13,22,33H,1-3,6-7,12H2,(H,28,31,32)/t25-/m0/s1. The van der Waals surface area contributed by atoms with E-state index in [2.05, 4.69) is 20.3 Å². The molecule has 8 nitrogen and oxygen atoms in total. The van der Waals surface area contributed by atoms with Crippen molar-refractivity contribution in [3.63, 3.8) is 0 Å². The van der Waals surface area contributed by atoms with Gasteiger partial charge in [-0.05, 0) is 49.4 Å². The van der Waals surface area contributed by atoms with E-state index in [0.717, 1.165) is 19.3 Å². The van der Waals surface area contributed by atoms with Gasteiger partial charge >= 0.3 is 0 Å². The molecule has 1 aromatic carbocycles. The second-order valence-electron chi connectivity index (χ2n) is 9.13. The summed E-state index contributed by atoms with van der Waals surface area (Å²) < 4.78 is 38.7. The number of ether oxygens (including phenoxy) is 1. The fourth-order valence-corrected chi connectivity index (χ4v) is 4.48. The number of rotatable bonds is 5. The van der Waals surface area contributed by atoms with Gasteiger partial charge in [0.05, 0.1) is 12.2 Å². The van der Waals surface area contributed by atoms with Crippen LogP contribution in [-0.4, -0.2) is 39.2 Å². The Bertz CT molecular complexity index is 1440. The number of fused-ring (bicyclic) bond motifs is 2. The molecule has 0 spiro atoms. The van der Waals surface area contributed by atoms with Gasteiger partial charge in [0.15, 0.2) is 5.58 Å². The number of carbonyl (C=O) groups excluding carboxylic acids is 1. The van der Waals surface area contributed by atoms with E-state index in [1.807, 2.05) is 0 Å². The summed E-state index contributed by atoms with van der Waals surface area (Å²) in [5, 5.41) is 14.3. The lowest BCUT2D eigenvalue weighted by Crippen LogP contribution is -2.35. The van der Waals surface area contributed by atoms with Gasteiger partial charge < -0.3 is 19.6 Å². The summed E-state index contributed by atoms with van der Waals surface area (Å²) in [5.41, 5.74) is 0.555. The fourth-order valence-electron chi connectivity index (χ4n) is 4.48. The Kier molecular flexibility index (Phi) is 5.23. The normalized spacial score (nSPS) is 20.6. The third-order valence-electron chi connectivity index (χ3n) is 6.58. The van der Waals surface area contributed by atoms with Crippen LogP contribution in [0.4, 0.5) is 14.6 Å². The zero-order valence-corrected chi connectivity index (χ0v) is 18.6. The number of anilines is 1. The number of oxazole rings is 1. The van der Waals surface area contributed by atoms with Crippen molar-refractivity contribution >= 4 is 33.6 Å². The average Bonchev–Trinajstić information content (AvgIpc) is 3.62. The highest BCUT2D eigenvalue weighted by molar-refractivity contribution is 6.00. The molecular formula is C25H22F2N4O4. The number of halogens is 2. The third-order valence-corrected chi connectivity index (χ3v) is 6.58. The van der Waals surface area contributed by atoms with Crippen molar-refractivity contribution in [1.82, 2.24) is 15.0 Å². The summed E-state index contributed by atoms with van der Waals surface area (Å²) in [4.78, 5) is 24.9. The third kappa shape index (κ3) is 4.02. The van der Waals surface area contributed by atoms with Crippen LogP contribution in [0.5, 0.6) is 0 Å². The van der Waals surface area contributed by atoms with Gasteiger partial charge in [0.2, 0.25) is 11.8 Å². The van der Waals surface area contributed by atoms with E-state index in [1.54, 1.807) is 24.3 Å². The van der Waals surface area contributed by atoms with Crippen LogP contribution in [0, 0.1) is 5.92 Å². The van der Waals surface area contributed by atoms with E-state index >= 15 is 0 Å². The van der Waals surface area contributed by atoms with Gasteiger partial charge in [-0.2, -0.15) is 0 Å². The number of alkyl halides is 2. The molecule has 0 bridgehead atoms. The molecule has 1 aliphatic carbocycles. The monoisotopic (exact) mass is 480 g/mol. The molecular weight excluding hydrogens is 458 g/mol. The molecule has 1 saturated heterocycles. The van der Waals surface area contributed by atoms with E-state index in [9.17, 15) is 18.7 Å². The van der Waals surface area contributed by atoms with Crippen LogP contribution < -0.4 is 5.32 Å². The highest BCUT2D eigenvalue weighted by atomic mass is 19.3. The maximum Gasteiger partial charge on any atom is 0.281 e. The van der Waals surface area contributed by atoms with Crippen molar-refractivity contribution in [3.8, 4) is 11.5 Å². The molecule has 10 heteroatoms. The van der Waals surface area contributed by atoms with Gasteiger partial charge in [0.25, 0.3) is 6.43 Å². The summed E-state index contributed by atoms with van der Waals surface area (Å²) in [6.07, 6.45) is 2.77. The summed E-state index contributed by atoms with van der Waals surface area (Å²) in [6.45, 7) is 0.820. The number of carbonyl (C=O) groups is 1. The van der Waals surface area contributed by atoms with E-state index < -0.39 is 17.7 Å². The van der Waals surface area contributed by atoms with E-state index in [-0.39, 0.29) is 35.5 Å². The Labute approximate surface area is 198 Å². The first-order valence-electron chi connectivity index (χ1n) is 11.5. The minimum Gasteiger partial charge on any atom is -0.436 e. The lowest BCUT2D eigenvalue weighted by atomic mass is 9.88. The lowest BCUT2D eigenvalue weighted by Gasteiger charge is -2.32. The van der Waals surface area contributed by atoms with Crippen LogP contribution in [-0.2, 0) is 15.1 Å². The van der Waals surface area contributed by atoms with Crippen molar-refractivity contribution in [2.45, 2.75) is 37.7 Å². The zero-order valence-electron chi connectivity index (χ0n) is 18.6. The number of aromatic nitrogens is 3. The Hall–Kier alpha value is -3.50. The van der Waals surface area contributed by atoms with E-state index in [1.165, 1.54) is 12.4 Å². The summed E-state index contributed by atoms with van der Waals surface area (Å²) in [6, 6.07) is 6.79. The van der Waals surface area contributed by atoms with Crippen LogP contribution in [0.3, 0.4) is 0 Å². The van der Waals surface area contributed by atoms with Gasteiger partial charge in [-0.3, -0.25) is 9.78 Å². The molecule has 180 valence electrons. The molecule has 4 aromatic rings. The molecule has 0 radical (unpaired) electrons.